The quantitative estimate of drug-likeness (QED) is 0.337. The van der Waals surface area contributed by atoms with E-state index in [-0.39, 0.29) is 21.4 Å². The number of amidine groups is 1. The lowest BCUT2D eigenvalue weighted by Gasteiger charge is -2.31. The highest BCUT2D eigenvalue weighted by Gasteiger charge is 2.34. The highest BCUT2D eigenvalue weighted by Crippen LogP contribution is 2.25. The Balaban J connectivity index is 3.16. The molecule has 1 rings (SSSR count). The average Bonchev–Trinajstić information content (AvgIpc) is 2.43. The lowest BCUT2D eigenvalue weighted by molar-refractivity contribution is 0.0918. The molecule has 0 unspecified atom stereocenters. The van der Waals surface area contributed by atoms with Crippen molar-refractivity contribution in [2.24, 2.45) is 10.9 Å². The number of nitrogens with one attached hydrogen (secondary N) is 1. The topological polar surface area (TPSA) is 87.7 Å². The lowest BCUT2D eigenvalue weighted by atomic mass is 9.91. The summed E-state index contributed by atoms with van der Waals surface area (Å²) in [6.07, 6.45) is 0.931. The van der Waals surface area contributed by atoms with Gasteiger partial charge < -0.3 is 16.3 Å². The number of carbonyl (C=O) groups excluding carboxylic acids is 1. The molecule has 0 saturated carbocycles. The fourth-order valence-electron chi connectivity index (χ4n) is 1.94. The summed E-state index contributed by atoms with van der Waals surface area (Å²) in [6.45, 7) is 3.66. The van der Waals surface area contributed by atoms with Crippen LogP contribution < -0.4 is 11.1 Å². The Hall–Kier alpha value is -1.46. The Morgan fingerprint density at radius 3 is 2.25 bits per heavy atom. The van der Waals surface area contributed by atoms with Gasteiger partial charge in [-0.3, -0.25) is 4.79 Å². The van der Waals surface area contributed by atoms with Crippen LogP contribution in [0, 0.1) is 0 Å². The third kappa shape index (κ3) is 3.16. The largest absolute Gasteiger partial charge is 0.409 e. The molecular weight excluding hydrogens is 301 g/mol. The molecule has 0 aliphatic heterocycles. The second kappa shape index (κ2) is 6.81. The molecule has 0 radical (unpaired) electrons. The molecule has 0 aliphatic rings. The first-order chi connectivity index (χ1) is 9.41. The first-order valence-electron chi connectivity index (χ1n) is 6.16. The summed E-state index contributed by atoms with van der Waals surface area (Å²) in [5, 5.41) is 15.1. The van der Waals surface area contributed by atoms with E-state index in [1.807, 2.05) is 13.8 Å². The molecular formula is C13H17Cl2N3O2. The zero-order valence-electron chi connectivity index (χ0n) is 11.3. The number of hydrogen-bond donors (Lipinski definition) is 3. The summed E-state index contributed by atoms with van der Waals surface area (Å²) in [5.74, 6) is -0.519. The summed E-state index contributed by atoms with van der Waals surface area (Å²) in [7, 11) is 0. The second-order valence-corrected chi connectivity index (χ2v) is 5.14. The molecule has 0 bridgehead atoms. The molecule has 7 heteroatoms. The molecule has 1 amide bonds. The van der Waals surface area contributed by atoms with Crippen LogP contribution in [-0.2, 0) is 0 Å². The molecule has 110 valence electrons. The van der Waals surface area contributed by atoms with Crippen LogP contribution in [0.15, 0.2) is 23.4 Å². The van der Waals surface area contributed by atoms with Gasteiger partial charge in [-0.15, -0.1) is 0 Å². The smallest absolute Gasteiger partial charge is 0.255 e. The third-order valence-corrected chi connectivity index (χ3v) is 3.98. The Bertz CT molecular complexity index is 508. The van der Waals surface area contributed by atoms with E-state index in [9.17, 15) is 4.79 Å². The maximum Gasteiger partial charge on any atom is 0.255 e. The van der Waals surface area contributed by atoms with Gasteiger partial charge in [-0.05, 0) is 25.0 Å². The van der Waals surface area contributed by atoms with E-state index in [0.717, 1.165) is 0 Å². The first-order valence-corrected chi connectivity index (χ1v) is 6.92. The summed E-state index contributed by atoms with van der Waals surface area (Å²) in [5.41, 5.74) is 4.93. The number of benzene rings is 1. The summed E-state index contributed by atoms with van der Waals surface area (Å²) >= 11 is 12.0. The number of nitrogens with two attached hydrogens (primary N) is 1. The van der Waals surface area contributed by atoms with E-state index < -0.39 is 11.4 Å². The zero-order valence-corrected chi connectivity index (χ0v) is 12.8. The number of oxime groups is 1. The fourth-order valence-corrected chi connectivity index (χ4v) is 2.51. The molecule has 5 nitrogen and oxygen atoms in total. The highest BCUT2D eigenvalue weighted by molar-refractivity contribution is 6.39. The van der Waals surface area contributed by atoms with Crippen LogP contribution in [0.25, 0.3) is 0 Å². The van der Waals surface area contributed by atoms with Crippen molar-refractivity contribution < 1.29 is 10.0 Å². The van der Waals surface area contributed by atoms with E-state index in [1.165, 1.54) is 0 Å². The molecule has 0 saturated heterocycles. The van der Waals surface area contributed by atoms with Crippen molar-refractivity contribution in [3.8, 4) is 0 Å². The Morgan fingerprint density at radius 1 is 1.35 bits per heavy atom. The predicted octanol–water partition coefficient (Wildman–Crippen LogP) is 3.03. The molecule has 0 aliphatic carbocycles. The van der Waals surface area contributed by atoms with Gasteiger partial charge >= 0.3 is 0 Å². The minimum atomic E-state index is -0.936. The molecule has 20 heavy (non-hydrogen) atoms. The van der Waals surface area contributed by atoms with Crippen molar-refractivity contribution in [3.63, 3.8) is 0 Å². The van der Waals surface area contributed by atoms with Gasteiger partial charge in [-0.1, -0.05) is 48.3 Å². The van der Waals surface area contributed by atoms with Gasteiger partial charge in [0.15, 0.2) is 5.84 Å². The monoisotopic (exact) mass is 317 g/mol. The summed E-state index contributed by atoms with van der Waals surface area (Å²) in [6, 6.07) is 4.80. The van der Waals surface area contributed by atoms with Gasteiger partial charge in [0.2, 0.25) is 0 Å². The molecule has 0 fully saturated rings. The zero-order chi connectivity index (χ0) is 15.3. The van der Waals surface area contributed by atoms with Gasteiger partial charge in [0, 0.05) is 0 Å². The van der Waals surface area contributed by atoms with Crippen molar-refractivity contribution in [2.45, 2.75) is 32.2 Å². The number of carbonyl (C=O) groups is 1. The Labute approximate surface area is 127 Å². The van der Waals surface area contributed by atoms with Crippen molar-refractivity contribution in [3.05, 3.63) is 33.8 Å². The van der Waals surface area contributed by atoms with Crippen LogP contribution in [0.4, 0.5) is 0 Å². The maximum absolute atomic E-state index is 12.4. The summed E-state index contributed by atoms with van der Waals surface area (Å²) < 4.78 is 0. The molecule has 0 heterocycles. The summed E-state index contributed by atoms with van der Waals surface area (Å²) in [4.78, 5) is 12.4. The van der Waals surface area contributed by atoms with Crippen molar-refractivity contribution in [1.82, 2.24) is 5.32 Å². The van der Waals surface area contributed by atoms with Gasteiger partial charge in [0.1, 0.15) is 5.54 Å². The number of halogens is 2. The van der Waals surface area contributed by atoms with Crippen LogP contribution in [-0.4, -0.2) is 22.5 Å². The average molecular weight is 318 g/mol. The number of hydrogen-bond acceptors (Lipinski definition) is 3. The number of amides is 1. The lowest BCUT2D eigenvalue weighted by Crippen LogP contribution is -2.57. The van der Waals surface area contributed by atoms with Crippen molar-refractivity contribution in [2.75, 3.05) is 0 Å². The molecule has 4 N–H and O–H groups in total. The van der Waals surface area contributed by atoms with Crippen LogP contribution >= 0.6 is 23.2 Å². The van der Waals surface area contributed by atoms with E-state index in [4.69, 9.17) is 34.1 Å². The van der Waals surface area contributed by atoms with Crippen LogP contribution in [0.3, 0.4) is 0 Å². The van der Waals surface area contributed by atoms with Gasteiger partial charge in [0.05, 0.1) is 15.6 Å². The van der Waals surface area contributed by atoms with E-state index in [2.05, 4.69) is 10.5 Å². The van der Waals surface area contributed by atoms with Crippen LogP contribution in [0.1, 0.15) is 37.0 Å². The third-order valence-electron chi connectivity index (χ3n) is 3.35. The van der Waals surface area contributed by atoms with Crippen molar-refractivity contribution >= 4 is 34.9 Å². The molecule has 1 aromatic carbocycles. The van der Waals surface area contributed by atoms with E-state index in [1.54, 1.807) is 18.2 Å². The highest BCUT2D eigenvalue weighted by atomic mass is 35.5. The minimum Gasteiger partial charge on any atom is -0.409 e. The predicted molar refractivity (Wildman–Crippen MR) is 80.7 cm³/mol. The molecule has 1 aromatic rings. The molecule has 0 spiro atoms. The van der Waals surface area contributed by atoms with Crippen LogP contribution in [0.2, 0.25) is 10.0 Å². The minimum absolute atomic E-state index is 0.0565. The number of rotatable bonds is 5. The van der Waals surface area contributed by atoms with Gasteiger partial charge in [-0.2, -0.15) is 0 Å². The first kappa shape index (κ1) is 16.6. The number of nitrogens with zero attached hydrogens (tertiary/aromatic N) is 1. The molecule has 0 aromatic heterocycles. The molecule has 0 atom stereocenters. The van der Waals surface area contributed by atoms with Gasteiger partial charge in [0.25, 0.3) is 5.91 Å². The van der Waals surface area contributed by atoms with E-state index in [0.29, 0.717) is 12.8 Å². The Kier molecular flexibility index (Phi) is 5.65. The maximum atomic E-state index is 12.4. The van der Waals surface area contributed by atoms with Crippen LogP contribution in [0.5, 0.6) is 0 Å². The van der Waals surface area contributed by atoms with Gasteiger partial charge in [-0.25, -0.2) is 0 Å². The van der Waals surface area contributed by atoms with E-state index >= 15 is 0 Å². The Morgan fingerprint density at radius 2 is 1.85 bits per heavy atom. The normalized spacial score (nSPS) is 12.3. The standard InChI is InChI=1S/C13H17Cl2N3O2/c1-3-13(4-2,12(16)18-20)17-11(19)10-8(14)6-5-7-9(10)15/h5-7,20H,3-4H2,1-2H3,(H2,16,18)(H,17,19). The van der Waals surface area contributed by atoms with Crippen molar-refractivity contribution in [1.29, 1.82) is 0 Å². The second-order valence-electron chi connectivity index (χ2n) is 4.33. The fraction of sp³-hybridized carbons (Fsp3) is 0.385. The SMILES string of the molecule is CCC(CC)(NC(=O)c1c(Cl)cccc1Cl)/C(N)=N/O.